The summed E-state index contributed by atoms with van der Waals surface area (Å²) in [5.41, 5.74) is 1.85. The number of carbonyl (C=O) groups is 3. The lowest BCUT2D eigenvalue weighted by Gasteiger charge is -2.35. The van der Waals surface area contributed by atoms with Gasteiger partial charge >= 0.3 is 17.9 Å². The first kappa shape index (κ1) is 25.0. The average molecular weight is 469 g/mol. The lowest BCUT2D eigenvalue weighted by atomic mass is 9.94. The molecule has 1 atom stereocenters. The summed E-state index contributed by atoms with van der Waals surface area (Å²) < 4.78 is 5.22. The summed E-state index contributed by atoms with van der Waals surface area (Å²) in [5, 5.41) is 15.3. The zero-order valence-corrected chi connectivity index (χ0v) is 20.3. The maximum atomic E-state index is 13.0. The number of hydrogen-bond acceptors (Lipinski definition) is 6. The second kappa shape index (κ2) is 10.1. The predicted molar refractivity (Wildman–Crippen MR) is 129 cm³/mol. The number of aryl methyl sites for hydroxylation is 2. The van der Waals surface area contributed by atoms with Gasteiger partial charge in [-0.15, -0.1) is 0 Å². The Hall–Kier alpha value is -3.62. The third kappa shape index (κ3) is 6.24. The van der Waals surface area contributed by atoms with E-state index in [1.807, 2.05) is 12.1 Å². The number of aromatic hydroxyl groups is 1. The number of hydrogen-bond donors (Lipinski definition) is 3. The number of amides is 3. The maximum Gasteiger partial charge on any atom is 0.413 e. The van der Waals surface area contributed by atoms with Crippen molar-refractivity contribution in [3.8, 4) is 5.75 Å². The number of aromatic nitrogens is 1. The van der Waals surface area contributed by atoms with Gasteiger partial charge in [0.25, 0.3) is 0 Å². The number of pyridine rings is 1. The van der Waals surface area contributed by atoms with Gasteiger partial charge in [0.15, 0.2) is 0 Å². The fraction of sp³-hybridized carbons (Fsp3) is 0.440. The van der Waals surface area contributed by atoms with Crippen LogP contribution in [-0.2, 0) is 14.3 Å². The van der Waals surface area contributed by atoms with E-state index >= 15 is 0 Å². The molecule has 2 heterocycles. The summed E-state index contributed by atoms with van der Waals surface area (Å²) in [4.78, 5) is 43.5. The molecule has 0 saturated carbocycles. The average Bonchev–Trinajstić information content (AvgIpc) is 2.75. The SMILES string of the molecule is Cc1ccc([C@@H]2CCCCN2C(=O)C(=O)Nc2cnc(NC(=O)OC(C)(C)C)c(C)c2)cc1O. The van der Waals surface area contributed by atoms with Crippen LogP contribution in [0.4, 0.5) is 16.3 Å². The normalized spacial score (nSPS) is 16.0. The second-order valence-corrected chi connectivity index (χ2v) is 9.53. The van der Waals surface area contributed by atoms with Crippen LogP contribution in [0.15, 0.2) is 30.5 Å². The molecule has 0 unspecified atom stereocenters. The highest BCUT2D eigenvalue weighted by atomic mass is 16.6. The minimum atomic E-state index is -0.766. The van der Waals surface area contributed by atoms with Crippen molar-refractivity contribution in [1.29, 1.82) is 0 Å². The number of likely N-dealkylation sites (tertiary alicyclic amines) is 1. The van der Waals surface area contributed by atoms with Crippen LogP contribution in [0.5, 0.6) is 5.75 Å². The summed E-state index contributed by atoms with van der Waals surface area (Å²) >= 11 is 0. The minimum absolute atomic E-state index is 0.168. The molecular formula is C25H32N4O5. The summed E-state index contributed by atoms with van der Waals surface area (Å²) in [6.07, 6.45) is 3.19. The van der Waals surface area contributed by atoms with Gasteiger partial charge in [0.1, 0.15) is 17.2 Å². The zero-order valence-electron chi connectivity index (χ0n) is 20.3. The zero-order chi connectivity index (χ0) is 25.0. The van der Waals surface area contributed by atoms with Gasteiger partial charge < -0.3 is 20.1 Å². The topological polar surface area (TPSA) is 121 Å². The van der Waals surface area contributed by atoms with Crippen LogP contribution in [-0.4, -0.2) is 45.0 Å². The standard InChI is InChI=1S/C25H32N4O5/c1-15-9-10-17(13-20(15)30)19-8-6-7-11-29(19)23(32)22(31)27-18-12-16(2)21(26-14-18)28-24(33)34-25(3,4)5/h9-10,12-14,19,30H,6-8,11H2,1-5H3,(H,27,31)(H,26,28,33)/t19-/m0/s1. The summed E-state index contributed by atoms with van der Waals surface area (Å²) in [6, 6.07) is 6.69. The third-order valence-corrected chi connectivity index (χ3v) is 5.53. The number of nitrogens with one attached hydrogen (secondary N) is 2. The molecule has 1 aliphatic rings. The molecule has 182 valence electrons. The molecule has 0 aliphatic carbocycles. The number of benzene rings is 1. The van der Waals surface area contributed by atoms with Gasteiger partial charge in [-0.25, -0.2) is 9.78 Å². The Morgan fingerprint density at radius 1 is 1.09 bits per heavy atom. The number of piperidine rings is 1. The Balaban J connectivity index is 1.69. The van der Waals surface area contributed by atoms with Crippen molar-refractivity contribution in [1.82, 2.24) is 9.88 Å². The molecular weight excluding hydrogens is 436 g/mol. The van der Waals surface area contributed by atoms with E-state index in [0.717, 1.165) is 24.0 Å². The number of nitrogens with zero attached hydrogens (tertiary/aromatic N) is 2. The quantitative estimate of drug-likeness (QED) is 0.573. The first-order chi connectivity index (χ1) is 15.9. The van der Waals surface area contributed by atoms with Crippen LogP contribution in [0, 0.1) is 13.8 Å². The first-order valence-corrected chi connectivity index (χ1v) is 11.3. The van der Waals surface area contributed by atoms with Crippen molar-refractivity contribution in [2.45, 2.75) is 65.5 Å². The van der Waals surface area contributed by atoms with Crippen molar-refractivity contribution in [3.63, 3.8) is 0 Å². The van der Waals surface area contributed by atoms with Crippen LogP contribution < -0.4 is 10.6 Å². The van der Waals surface area contributed by atoms with Gasteiger partial charge in [-0.3, -0.25) is 14.9 Å². The molecule has 0 radical (unpaired) electrons. The Morgan fingerprint density at radius 3 is 2.47 bits per heavy atom. The molecule has 9 heteroatoms. The van der Waals surface area contributed by atoms with Crippen molar-refractivity contribution in [2.24, 2.45) is 0 Å². The van der Waals surface area contributed by atoms with E-state index in [-0.39, 0.29) is 11.8 Å². The van der Waals surface area contributed by atoms with Gasteiger partial charge in [0.2, 0.25) is 0 Å². The fourth-order valence-corrected chi connectivity index (χ4v) is 3.84. The van der Waals surface area contributed by atoms with Gasteiger partial charge in [-0.05, 0) is 82.7 Å². The number of anilines is 2. The van der Waals surface area contributed by atoms with Crippen LogP contribution in [0.25, 0.3) is 0 Å². The monoisotopic (exact) mass is 468 g/mol. The lowest BCUT2D eigenvalue weighted by Crippen LogP contribution is -2.44. The van der Waals surface area contributed by atoms with Gasteiger partial charge in [-0.2, -0.15) is 0 Å². The smallest absolute Gasteiger partial charge is 0.413 e. The molecule has 1 saturated heterocycles. The lowest BCUT2D eigenvalue weighted by molar-refractivity contribution is -0.145. The van der Waals surface area contributed by atoms with Crippen molar-refractivity contribution in [3.05, 3.63) is 47.2 Å². The van der Waals surface area contributed by atoms with Crippen molar-refractivity contribution in [2.75, 3.05) is 17.2 Å². The highest BCUT2D eigenvalue weighted by molar-refractivity contribution is 6.39. The van der Waals surface area contributed by atoms with Crippen molar-refractivity contribution < 1.29 is 24.2 Å². The van der Waals surface area contributed by atoms with E-state index in [1.165, 1.54) is 6.20 Å². The van der Waals surface area contributed by atoms with Crippen LogP contribution in [0.3, 0.4) is 0 Å². The van der Waals surface area contributed by atoms with E-state index in [0.29, 0.717) is 30.0 Å². The highest BCUT2D eigenvalue weighted by Crippen LogP contribution is 2.33. The molecule has 3 N–H and O–H groups in total. The molecule has 3 amide bonds. The second-order valence-electron chi connectivity index (χ2n) is 9.53. The number of ether oxygens (including phenoxy) is 1. The van der Waals surface area contributed by atoms with E-state index in [2.05, 4.69) is 15.6 Å². The molecule has 2 aromatic rings. The van der Waals surface area contributed by atoms with Gasteiger partial charge in [-0.1, -0.05) is 12.1 Å². The third-order valence-electron chi connectivity index (χ3n) is 5.53. The summed E-state index contributed by atoms with van der Waals surface area (Å²) in [5.74, 6) is -0.939. The van der Waals surface area contributed by atoms with Crippen LogP contribution in [0.1, 0.15) is 62.8 Å². The molecule has 0 bridgehead atoms. The summed E-state index contributed by atoms with van der Waals surface area (Å²) in [6.45, 7) is 9.27. The van der Waals surface area contributed by atoms with E-state index < -0.39 is 23.5 Å². The Kier molecular flexibility index (Phi) is 7.44. The van der Waals surface area contributed by atoms with Crippen LogP contribution in [0.2, 0.25) is 0 Å². The molecule has 1 aromatic carbocycles. The fourth-order valence-electron chi connectivity index (χ4n) is 3.84. The van der Waals surface area contributed by atoms with Gasteiger partial charge in [0, 0.05) is 6.54 Å². The molecule has 1 aliphatic heterocycles. The van der Waals surface area contributed by atoms with E-state index in [9.17, 15) is 19.5 Å². The molecule has 1 aromatic heterocycles. The summed E-state index contributed by atoms with van der Waals surface area (Å²) in [7, 11) is 0. The molecule has 34 heavy (non-hydrogen) atoms. The van der Waals surface area contributed by atoms with E-state index in [1.54, 1.807) is 51.7 Å². The molecule has 9 nitrogen and oxygen atoms in total. The molecule has 1 fully saturated rings. The maximum absolute atomic E-state index is 13.0. The predicted octanol–water partition coefficient (Wildman–Crippen LogP) is 4.44. The molecule has 3 rings (SSSR count). The Morgan fingerprint density at radius 2 is 1.82 bits per heavy atom. The Bertz CT molecular complexity index is 1090. The van der Waals surface area contributed by atoms with E-state index in [4.69, 9.17) is 4.74 Å². The van der Waals surface area contributed by atoms with Crippen molar-refractivity contribution >= 4 is 29.4 Å². The number of carbonyl (C=O) groups excluding carboxylic acids is 3. The Labute approximate surface area is 199 Å². The first-order valence-electron chi connectivity index (χ1n) is 11.3. The highest BCUT2D eigenvalue weighted by Gasteiger charge is 2.32. The van der Waals surface area contributed by atoms with Gasteiger partial charge in [0.05, 0.1) is 17.9 Å². The number of phenols is 1. The van der Waals surface area contributed by atoms with Crippen LogP contribution >= 0.6 is 0 Å². The number of phenolic OH excluding ortho intramolecular Hbond substituents is 1. The largest absolute Gasteiger partial charge is 0.508 e. The minimum Gasteiger partial charge on any atom is -0.508 e. The molecule has 0 spiro atoms. The number of rotatable bonds is 3.